The second-order valence-corrected chi connectivity index (χ2v) is 8.16. The van der Waals surface area contributed by atoms with E-state index >= 15 is 0 Å². The average Bonchev–Trinajstić information content (AvgIpc) is 2.87. The molecule has 0 radical (unpaired) electrons. The molecular formula is C18H22N2O4S. The Morgan fingerprint density at radius 2 is 1.56 bits per heavy atom. The van der Waals surface area contributed by atoms with Crippen LogP contribution in [0, 0.1) is 20.8 Å². The maximum absolute atomic E-state index is 12.8. The van der Waals surface area contributed by atoms with Gasteiger partial charge in [0.05, 0.1) is 10.5 Å². The number of sulfonamides is 1. The lowest BCUT2D eigenvalue weighted by atomic mass is 10.1. The predicted octanol–water partition coefficient (Wildman–Crippen LogP) is 2.35. The molecule has 2 heterocycles. The summed E-state index contributed by atoms with van der Waals surface area (Å²) in [4.78, 5) is 14.8. The van der Waals surface area contributed by atoms with Crippen LogP contribution in [0.1, 0.15) is 27.4 Å². The Kier molecular flexibility index (Phi) is 4.71. The molecule has 0 aliphatic carbocycles. The first-order valence-corrected chi connectivity index (χ1v) is 9.67. The van der Waals surface area contributed by atoms with Gasteiger partial charge in [-0.25, -0.2) is 8.42 Å². The quantitative estimate of drug-likeness (QED) is 0.840. The minimum absolute atomic E-state index is 0.0939. The largest absolute Gasteiger partial charge is 0.466 e. The molecule has 1 aliphatic rings. The number of furan rings is 1. The third kappa shape index (κ3) is 3.21. The first kappa shape index (κ1) is 17.7. The van der Waals surface area contributed by atoms with Crippen LogP contribution in [0.4, 0.5) is 0 Å². The summed E-state index contributed by atoms with van der Waals surface area (Å²) in [5, 5.41) is 0. The number of carbonyl (C=O) groups is 1. The lowest BCUT2D eigenvalue weighted by molar-refractivity contribution is 0.0695. The Balaban J connectivity index is 1.73. The van der Waals surface area contributed by atoms with E-state index in [9.17, 15) is 13.2 Å². The fourth-order valence-corrected chi connectivity index (χ4v) is 4.58. The van der Waals surface area contributed by atoms with E-state index in [0.29, 0.717) is 24.4 Å². The molecule has 7 heteroatoms. The molecule has 0 atom stereocenters. The van der Waals surface area contributed by atoms with Crippen LogP contribution >= 0.6 is 0 Å². The number of nitrogens with zero attached hydrogens (tertiary/aromatic N) is 2. The highest BCUT2D eigenvalue weighted by atomic mass is 32.2. The number of benzene rings is 1. The van der Waals surface area contributed by atoms with Crippen molar-refractivity contribution in [2.45, 2.75) is 25.7 Å². The Hall–Kier alpha value is -2.12. The molecule has 6 nitrogen and oxygen atoms in total. The van der Waals surface area contributed by atoms with Gasteiger partial charge in [0.2, 0.25) is 10.0 Å². The van der Waals surface area contributed by atoms with Crippen molar-refractivity contribution in [1.29, 1.82) is 0 Å². The molecule has 0 spiro atoms. The van der Waals surface area contributed by atoms with Gasteiger partial charge in [-0.1, -0.05) is 18.2 Å². The number of hydrogen-bond donors (Lipinski definition) is 0. The maximum Gasteiger partial charge on any atom is 0.257 e. The highest BCUT2D eigenvalue weighted by Gasteiger charge is 2.32. The summed E-state index contributed by atoms with van der Waals surface area (Å²) in [5.41, 5.74) is 1.44. The minimum Gasteiger partial charge on any atom is -0.466 e. The summed E-state index contributed by atoms with van der Waals surface area (Å²) in [6.07, 6.45) is 0. The van der Waals surface area contributed by atoms with Crippen molar-refractivity contribution < 1.29 is 17.6 Å². The van der Waals surface area contributed by atoms with Gasteiger partial charge in [-0.3, -0.25) is 4.79 Å². The van der Waals surface area contributed by atoms with E-state index in [0.717, 1.165) is 11.3 Å². The van der Waals surface area contributed by atoms with Gasteiger partial charge in [0.25, 0.3) is 5.91 Å². The molecule has 0 saturated carbocycles. The van der Waals surface area contributed by atoms with Gasteiger partial charge in [-0.15, -0.1) is 0 Å². The summed E-state index contributed by atoms with van der Waals surface area (Å²) in [5.74, 6) is 1.26. The zero-order chi connectivity index (χ0) is 18.2. The molecule has 134 valence electrons. The molecular weight excluding hydrogens is 340 g/mol. The van der Waals surface area contributed by atoms with E-state index in [-0.39, 0.29) is 23.9 Å². The second-order valence-electron chi connectivity index (χ2n) is 6.22. The average molecular weight is 362 g/mol. The van der Waals surface area contributed by atoms with Crippen LogP contribution in [-0.4, -0.2) is 49.7 Å². The van der Waals surface area contributed by atoms with Gasteiger partial charge >= 0.3 is 0 Å². The summed E-state index contributed by atoms with van der Waals surface area (Å²) in [7, 11) is -3.51. The number of piperazine rings is 1. The van der Waals surface area contributed by atoms with Crippen LogP contribution in [0.25, 0.3) is 0 Å². The topological polar surface area (TPSA) is 70.8 Å². The van der Waals surface area contributed by atoms with Crippen LogP contribution in [0.15, 0.2) is 39.6 Å². The first-order chi connectivity index (χ1) is 11.8. The van der Waals surface area contributed by atoms with Crippen LogP contribution in [0.3, 0.4) is 0 Å². The van der Waals surface area contributed by atoms with Gasteiger partial charge in [-0.05, 0) is 32.9 Å². The SMILES string of the molecule is Cc1oc(C)c(C(=O)N2CCN(S(=O)(=O)c3ccccc3)CC2)c1C. The molecule has 0 bridgehead atoms. The van der Waals surface area contributed by atoms with Crippen LogP contribution in [-0.2, 0) is 10.0 Å². The first-order valence-electron chi connectivity index (χ1n) is 8.23. The van der Waals surface area contributed by atoms with Crippen molar-refractivity contribution >= 4 is 15.9 Å². The molecule has 1 amide bonds. The Bertz CT molecular complexity index is 879. The van der Waals surface area contributed by atoms with Crippen molar-refractivity contribution in [3.8, 4) is 0 Å². The highest BCUT2D eigenvalue weighted by molar-refractivity contribution is 7.89. The maximum atomic E-state index is 12.8. The number of carbonyl (C=O) groups excluding carboxylic acids is 1. The molecule has 1 fully saturated rings. The fraction of sp³-hybridized carbons (Fsp3) is 0.389. The number of aryl methyl sites for hydroxylation is 2. The van der Waals surface area contributed by atoms with Gasteiger partial charge in [0.15, 0.2) is 0 Å². The van der Waals surface area contributed by atoms with Crippen LogP contribution in [0.2, 0.25) is 0 Å². The normalized spacial score (nSPS) is 16.2. The summed E-state index contributed by atoms with van der Waals surface area (Å²) in [6, 6.07) is 8.38. The van der Waals surface area contributed by atoms with Gasteiger partial charge < -0.3 is 9.32 Å². The summed E-state index contributed by atoms with van der Waals surface area (Å²) >= 11 is 0. The molecule has 0 unspecified atom stereocenters. The monoisotopic (exact) mass is 362 g/mol. The van der Waals surface area contributed by atoms with Gasteiger partial charge in [0.1, 0.15) is 11.5 Å². The van der Waals surface area contributed by atoms with Crippen molar-refractivity contribution in [1.82, 2.24) is 9.21 Å². The molecule has 1 aromatic heterocycles. The molecule has 1 saturated heterocycles. The van der Waals surface area contributed by atoms with E-state index in [4.69, 9.17) is 4.42 Å². The van der Waals surface area contributed by atoms with Gasteiger partial charge in [0, 0.05) is 31.7 Å². The number of rotatable bonds is 3. The number of hydrogen-bond acceptors (Lipinski definition) is 4. The summed E-state index contributed by atoms with van der Waals surface area (Å²) < 4.78 is 32.3. The van der Waals surface area contributed by atoms with Crippen LogP contribution in [0.5, 0.6) is 0 Å². The molecule has 1 aliphatic heterocycles. The number of amides is 1. The Morgan fingerprint density at radius 1 is 0.960 bits per heavy atom. The predicted molar refractivity (Wildman–Crippen MR) is 94.0 cm³/mol. The minimum atomic E-state index is -3.51. The molecule has 0 N–H and O–H groups in total. The zero-order valence-corrected chi connectivity index (χ0v) is 15.5. The Labute approximate surface area is 148 Å². The standard InChI is InChI=1S/C18H22N2O4S/c1-13-14(2)24-15(3)17(13)18(21)19-9-11-20(12-10-19)25(22,23)16-7-5-4-6-8-16/h4-8H,9-12H2,1-3H3. The highest BCUT2D eigenvalue weighted by Crippen LogP contribution is 2.24. The smallest absolute Gasteiger partial charge is 0.257 e. The zero-order valence-electron chi connectivity index (χ0n) is 14.7. The lowest BCUT2D eigenvalue weighted by Gasteiger charge is -2.34. The second kappa shape index (κ2) is 6.65. The van der Waals surface area contributed by atoms with E-state index < -0.39 is 10.0 Å². The summed E-state index contributed by atoms with van der Waals surface area (Å²) in [6.45, 7) is 6.81. The van der Waals surface area contributed by atoms with Gasteiger partial charge in [-0.2, -0.15) is 4.31 Å². The van der Waals surface area contributed by atoms with Crippen LogP contribution < -0.4 is 0 Å². The third-order valence-electron chi connectivity index (χ3n) is 4.68. The molecule has 1 aromatic carbocycles. The Morgan fingerprint density at radius 3 is 2.08 bits per heavy atom. The van der Waals surface area contributed by atoms with Crippen molar-refractivity contribution in [2.24, 2.45) is 0 Å². The fourth-order valence-electron chi connectivity index (χ4n) is 3.14. The van der Waals surface area contributed by atoms with E-state index in [1.165, 1.54) is 4.31 Å². The molecule has 2 aromatic rings. The van der Waals surface area contributed by atoms with Crippen molar-refractivity contribution in [3.05, 3.63) is 53.0 Å². The van der Waals surface area contributed by atoms with E-state index in [1.807, 2.05) is 13.8 Å². The third-order valence-corrected chi connectivity index (χ3v) is 6.59. The van der Waals surface area contributed by atoms with E-state index in [1.54, 1.807) is 42.2 Å². The van der Waals surface area contributed by atoms with Crippen molar-refractivity contribution in [2.75, 3.05) is 26.2 Å². The molecule has 25 heavy (non-hydrogen) atoms. The lowest BCUT2D eigenvalue weighted by Crippen LogP contribution is -2.50. The molecule has 3 rings (SSSR count). The van der Waals surface area contributed by atoms with Crippen molar-refractivity contribution in [3.63, 3.8) is 0 Å². The van der Waals surface area contributed by atoms with E-state index in [2.05, 4.69) is 0 Å².